The molecular weight excluding hydrogens is 407 g/mol. The molecule has 0 spiro atoms. The van der Waals surface area contributed by atoms with E-state index < -0.39 is 0 Å². The Morgan fingerprint density at radius 2 is 2.00 bits per heavy atom. The van der Waals surface area contributed by atoms with Gasteiger partial charge in [-0.15, -0.1) is 0 Å². The van der Waals surface area contributed by atoms with Crippen molar-refractivity contribution in [3.05, 3.63) is 63.3 Å². The zero-order valence-corrected chi connectivity index (χ0v) is 16.9. The van der Waals surface area contributed by atoms with Crippen LogP contribution in [0.5, 0.6) is 11.5 Å². The smallest absolute Gasteiger partial charge is 0.276 e. The second kappa shape index (κ2) is 8.17. The summed E-state index contributed by atoms with van der Waals surface area (Å²) in [5, 5.41) is 4.19. The van der Waals surface area contributed by atoms with Gasteiger partial charge in [0.25, 0.3) is 5.91 Å². The zero-order chi connectivity index (χ0) is 19.6. The van der Waals surface area contributed by atoms with E-state index >= 15 is 0 Å². The van der Waals surface area contributed by atoms with Crippen LogP contribution in [0, 0.1) is 0 Å². The molecule has 0 aliphatic carbocycles. The molecule has 1 heterocycles. The number of methoxy groups -OCH3 is 1. The number of ether oxygens (including phenoxy) is 2. The summed E-state index contributed by atoms with van der Waals surface area (Å²) >= 11 is 17.1. The van der Waals surface area contributed by atoms with Gasteiger partial charge >= 0.3 is 0 Å². The van der Waals surface area contributed by atoms with Crippen LogP contribution in [-0.2, 0) is 11.4 Å². The SMILES string of the molecule is COc1cccc(/C=C2/NC(=S)N(C)C2=O)c1OCc1ccc(Cl)c(Cl)c1. The molecule has 1 saturated heterocycles. The van der Waals surface area contributed by atoms with E-state index in [0.717, 1.165) is 5.56 Å². The van der Waals surface area contributed by atoms with E-state index in [4.69, 9.17) is 44.9 Å². The summed E-state index contributed by atoms with van der Waals surface area (Å²) in [5.41, 5.74) is 1.91. The van der Waals surface area contributed by atoms with Crippen LogP contribution in [0.1, 0.15) is 11.1 Å². The highest BCUT2D eigenvalue weighted by molar-refractivity contribution is 7.80. The van der Waals surface area contributed by atoms with E-state index in [9.17, 15) is 4.79 Å². The number of hydrogen-bond donors (Lipinski definition) is 1. The zero-order valence-electron chi connectivity index (χ0n) is 14.6. The van der Waals surface area contributed by atoms with Crippen molar-refractivity contribution in [2.75, 3.05) is 14.2 Å². The molecule has 1 amide bonds. The lowest BCUT2D eigenvalue weighted by Gasteiger charge is -2.14. The molecule has 0 radical (unpaired) electrons. The Morgan fingerprint density at radius 1 is 1.22 bits per heavy atom. The number of carbonyl (C=O) groups excluding carboxylic acids is 1. The number of para-hydroxylation sites is 1. The van der Waals surface area contributed by atoms with E-state index in [1.165, 1.54) is 4.90 Å². The van der Waals surface area contributed by atoms with Crippen LogP contribution in [0.2, 0.25) is 10.0 Å². The average Bonchev–Trinajstić information content (AvgIpc) is 2.90. The van der Waals surface area contributed by atoms with Gasteiger partial charge in [-0.1, -0.05) is 41.4 Å². The third-order valence-electron chi connectivity index (χ3n) is 3.98. The fraction of sp³-hybridized carbons (Fsp3) is 0.158. The summed E-state index contributed by atoms with van der Waals surface area (Å²) in [5.74, 6) is 0.845. The monoisotopic (exact) mass is 422 g/mol. The molecule has 1 N–H and O–H groups in total. The van der Waals surface area contributed by atoms with Crippen LogP contribution >= 0.6 is 35.4 Å². The highest BCUT2D eigenvalue weighted by atomic mass is 35.5. The minimum atomic E-state index is -0.210. The summed E-state index contributed by atoms with van der Waals surface area (Å²) in [6.45, 7) is 0.257. The van der Waals surface area contributed by atoms with Crippen molar-refractivity contribution in [3.63, 3.8) is 0 Å². The predicted molar refractivity (Wildman–Crippen MR) is 110 cm³/mol. The highest BCUT2D eigenvalue weighted by Gasteiger charge is 2.27. The molecular formula is C19H16Cl2N2O3S. The number of nitrogens with one attached hydrogen (secondary N) is 1. The molecule has 140 valence electrons. The van der Waals surface area contributed by atoms with Crippen molar-refractivity contribution in [2.45, 2.75) is 6.61 Å². The maximum atomic E-state index is 12.2. The Hall–Kier alpha value is -2.28. The minimum absolute atomic E-state index is 0.210. The Balaban J connectivity index is 1.91. The number of rotatable bonds is 5. The van der Waals surface area contributed by atoms with Crippen molar-refractivity contribution >= 4 is 52.5 Å². The average molecular weight is 423 g/mol. The summed E-state index contributed by atoms with van der Waals surface area (Å²) in [7, 11) is 3.17. The lowest BCUT2D eigenvalue weighted by Crippen LogP contribution is -2.25. The first kappa shape index (κ1) is 19.5. The summed E-state index contributed by atoms with van der Waals surface area (Å²) in [4.78, 5) is 13.6. The molecule has 2 aromatic carbocycles. The molecule has 0 aromatic heterocycles. The van der Waals surface area contributed by atoms with Gasteiger partial charge in [0, 0.05) is 12.6 Å². The number of amides is 1. The molecule has 0 atom stereocenters. The van der Waals surface area contributed by atoms with Gasteiger partial charge in [0.2, 0.25) is 0 Å². The first-order valence-electron chi connectivity index (χ1n) is 7.95. The topological polar surface area (TPSA) is 50.8 Å². The molecule has 0 unspecified atom stereocenters. The molecule has 1 fully saturated rings. The quantitative estimate of drug-likeness (QED) is 0.575. The van der Waals surface area contributed by atoms with Crippen molar-refractivity contribution in [2.24, 2.45) is 0 Å². The predicted octanol–water partition coefficient (Wildman–Crippen LogP) is 4.27. The number of benzene rings is 2. The first-order valence-corrected chi connectivity index (χ1v) is 9.11. The summed E-state index contributed by atoms with van der Waals surface area (Å²) < 4.78 is 11.4. The van der Waals surface area contributed by atoms with Gasteiger partial charge in [-0.05, 0) is 42.1 Å². The Bertz CT molecular complexity index is 947. The van der Waals surface area contributed by atoms with Crippen LogP contribution in [0.25, 0.3) is 6.08 Å². The first-order chi connectivity index (χ1) is 12.9. The van der Waals surface area contributed by atoms with Crippen LogP contribution in [0.15, 0.2) is 42.1 Å². The molecule has 2 aromatic rings. The van der Waals surface area contributed by atoms with Crippen molar-refractivity contribution < 1.29 is 14.3 Å². The third-order valence-corrected chi connectivity index (χ3v) is 5.09. The van der Waals surface area contributed by atoms with Gasteiger partial charge in [-0.3, -0.25) is 9.69 Å². The van der Waals surface area contributed by atoms with Gasteiger partial charge in [0.1, 0.15) is 12.3 Å². The van der Waals surface area contributed by atoms with Crippen LogP contribution < -0.4 is 14.8 Å². The molecule has 5 nitrogen and oxygen atoms in total. The molecule has 0 bridgehead atoms. The fourth-order valence-corrected chi connectivity index (χ4v) is 3.04. The van der Waals surface area contributed by atoms with E-state index in [1.807, 2.05) is 18.2 Å². The molecule has 8 heteroatoms. The van der Waals surface area contributed by atoms with Gasteiger partial charge in [-0.25, -0.2) is 0 Å². The van der Waals surface area contributed by atoms with Crippen LogP contribution in [0.3, 0.4) is 0 Å². The number of nitrogens with zero attached hydrogens (tertiary/aromatic N) is 1. The summed E-state index contributed by atoms with van der Waals surface area (Å²) in [6.07, 6.45) is 1.69. The van der Waals surface area contributed by atoms with Gasteiger partial charge < -0.3 is 14.8 Å². The minimum Gasteiger partial charge on any atom is -0.493 e. The van der Waals surface area contributed by atoms with E-state index in [-0.39, 0.29) is 12.5 Å². The lowest BCUT2D eigenvalue weighted by atomic mass is 10.1. The Morgan fingerprint density at radius 3 is 2.63 bits per heavy atom. The largest absolute Gasteiger partial charge is 0.493 e. The third kappa shape index (κ3) is 4.18. The highest BCUT2D eigenvalue weighted by Crippen LogP contribution is 2.34. The maximum Gasteiger partial charge on any atom is 0.276 e. The number of likely N-dealkylation sites (N-methyl/N-ethyl adjacent to an activating group) is 1. The second-order valence-corrected chi connectivity index (χ2v) is 6.97. The van der Waals surface area contributed by atoms with Gasteiger partial charge in [0.05, 0.1) is 17.2 Å². The molecule has 3 rings (SSSR count). The number of thiocarbonyl (C=S) groups is 1. The van der Waals surface area contributed by atoms with E-state index in [1.54, 1.807) is 38.4 Å². The van der Waals surface area contributed by atoms with E-state index in [0.29, 0.717) is 37.9 Å². The number of carbonyl (C=O) groups is 1. The van der Waals surface area contributed by atoms with Crippen molar-refractivity contribution in [1.29, 1.82) is 0 Å². The Labute approximate surface area is 172 Å². The van der Waals surface area contributed by atoms with Crippen LogP contribution in [0.4, 0.5) is 0 Å². The van der Waals surface area contributed by atoms with E-state index in [2.05, 4.69) is 5.32 Å². The normalized spacial score (nSPS) is 15.3. The number of hydrogen-bond acceptors (Lipinski definition) is 4. The second-order valence-electron chi connectivity index (χ2n) is 5.77. The van der Waals surface area contributed by atoms with Crippen LogP contribution in [-0.4, -0.2) is 30.1 Å². The van der Waals surface area contributed by atoms with Crippen molar-refractivity contribution in [1.82, 2.24) is 10.2 Å². The molecule has 0 saturated carbocycles. The molecule has 27 heavy (non-hydrogen) atoms. The summed E-state index contributed by atoms with van der Waals surface area (Å²) in [6, 6.07) is 10.7. The van der Waals surface area contributed by atoms with Crippen molar-refractivity contribution in [3.8, 4) is 11.5 Å². The Kier molecular flexibility index (Phi) is 5.89. The van der Waals surface area contributed by atoms with Gasteiger partial charge in [0.15, 0.2) is 16.6 Å². The number of halogens is 2. The lowest BCUT2D eigenvalue weighted by molar-refractivity contribution is -0.121. The molecule has 1 aliphatic rings. The molecule has 1 aliphatic heterocycles. The van der Waals surface area contributed by atoms with Gasteiger partial charge in [-0.2, -0.15) is 0 Å². The standard InChI is InChI=1S/C19H16Cl2N2O3S/c1-23-18(24)15(22-19(23)27)9-12-4-3-5-16(25-2)17(12)26-10-11-6-7-13(20)14(21)8-11/h3-9H,10H2,1-2H3,(H,22,27)/b15-9+. The maximum absolute atomic E-state index is 12.2. The fourth-order valence-electron chi connectivity index (χ4n) is 2.53.